The van der Waals surface area contributed by atoms with E-state index in [0.29, 0.717) is 6.54 Å². The maximum absolute atomic E-state index is 12.4. The van der Waals surface area contributed by atoms with Crippen LogP contribution in [0.3, 0.4) is 0 Å². The zero-order chi connectivity index (χ0) is 16.4. The van der Waals surface area contributed by atoms with E-state index < -0.39 is 0 Å². The summed E-state index contributed by atoms with van der Waals surface area (Å²) in [6.07, 6.45) is 1.86. The molecule has 2 saturated heterocycles. The molecule has 0 N–H and O–H groups in total. The van der Waals surface area contributed by atoms with E-state index in [1.165, 1.54) is 5.56 Å². The van der Waals surface area contributed by atoms with Crippen LogP contribution in [0.1, 0.15) is 11.3 Å². The third-order valence-electron chi connectivity index (χ3n) is 4.76. The van der Waals surface area contributed by atoms with Crippen LogP contribution < -0.4 is 0 Å². The number of fused-ring (bicyclic) bond motifs is 1. The van der Waals surface area contributed by atoms with Crippen LogP contribution in [0.5, 0.6) is 0 Å². The number of hydrogen-bond acceptors (Lipinski definition) is 4. The summed E-state index contributed by atoms with van der Waals surface area (Å²) in [7, 11) is 0. The van der Waals surface area contributed by atoms with E-state index >= 15 is 0 Å². The molecule has 2 aliphatic heterocycles. The van der Waals surface area contributed by atoms with Crippen molar-refractivity contribution in [2.45, 2.75) is 25.2 Å². The topological polar surface area (TPSA) is 45.7 Å². The second-order valence-corrected chi connectivity index (χ2v) is 6.44. The Morgan fingerprint density at radius 3 is 2.67 bits per heavy atom. The molecule has 124 valence electrons. The van der Waals surface area contributed by atoms with Gasteiger partial charge in [-0.1, -0.05) is 36.4 Å². The molecule has 5 heteroatoms. The lowest BCUT2D eigenvalue weighted by atomic mass is 10.1. The number of carbonyl (C=O) groups is 1. The lowest BCUT2D eigenvalue weighted by Crippen LogP contribution is -2.53. The number of hydrogen-bond donors (Lipinski definition) is 0. The van der Waals surface area contributed by atoms with Crippen LogP contribution in [0, 0.1) is 0 Å². The summed E-state index contributed by atoms with van der Waals surface area (Å²) in [6, 6.07) is 16.4. The lowest BCUT2D eigenvalue weighted by Gasteiger charge is -2.36. The van der Waals surface area contributed by atoms with Gasteiger partial charge in [-0.25, -0.2) is 0 Å². The maximum atomic E-state index is 12.4. The molecular formula is C19H21N3O2. The van der Waals surface area contributed by atoms with E-state index in [9.17, 15) is 4.79 Å². The highest BCUT2D eigenvalue weighted by Crippen LogP contribution is 2.26. The largest absolute Gasteiger partial charge is 0.365 e. The number of amides is 1. The van der Waals surface area contributed by atoms with Gasteiger partial charge in [0.15, 0.2) is 0 Å². The molecule has 0 radical (unpaired) electrons. The van der Waals surface area contributed by atoms with Crippen molar-refractivity contribution in [2.75, 3.05) is 19.7 Å². The first-order valence-electron chi connectivity index (χ1n) is 8.37. The SMILES string of the molecule is O=C1COC2CN(Cc3ccccc3)CC2N1Cc1ccccn1. The molecule has 2 aromatic rings. The van der Waals surface area contributed by atoms with Gasteiger partial charge < -0.3 is 9.64 Å². The zero-order valence-corrected chi connectivity index (χ0v) is 13.5. The first-order chi connectivity index (χ1) is 11.8. The lowest BCUT2D eigenvalue weighted by molar-refractivity contribution is -0.154. The van der Waals surface area contributed by atoms with Crippen LogP contribution in [0.25, 0.3) is 0 Å². The summed E-state index contributed by atoms with van der Waals surface area (Å²) in [4.78, 5) is 21.0. The molecule has 4 rings (SSSR count). The minimum absolute atomic E-state index is 0.0588. The first kappa shape index (κ1) is 15.3. The predicted octanol–water partition coefficient (Wildman–Crippen LogP) is 1.69. The summed E-state index contributed by atoms with van der Waals surface area (Å²) in [6.45, 7) is 3.34. The molecular weight excluding hydrogens is 302 g/mol. The van der Waals surface area contributed by atoms with Gasteiger partial charge in [-0.3, -0.25) is 14.7 Å². The number of aromatic nitrogens is 1. The van der Waals surface area contributed by atoms with Gasteiger partial charge in [-0.15, -0.1) is 0 Å². The van der Waals surface area contributed by atoms with Crippen molar-refractivity contribution >= 4 is 5.91 Å². The van der Waals surface area contributed by atoms with Crippen molar-refractivity contribution in [3.05, 3.63) is 66.0 Å². The van der Waals surface area contributed by atoms with Crippen LogP contribution in [0.4, 0.5) is 0 Å². The third-order valence-corrected chi connectivity index (χ3v) is 4.76. The molecule has 1 aromatic carbocycles. The van der Waals surface area contributed by atoms with Crippen molar-refractivity contribution < 1.29 is 9.53 Å². The standard InChI is InChI=1S/C19H21N3O2/c23-19-14-24-18-13-21(10-15-6-2-1-3-7-15)12-17(18)22(19)11-16-8-4-5-9-20-16/h1-9,17-18H,10-14H2. The van der Waals surface area contributed by atoms with Gasteiger partial charge in [0.25, 0.3) is 0 Å². The van der Waals surface area contributed by atoms with Crippen LogP contribution in [0.2, 0.25) is 0 Å². The molecule has 2 atom stereocenters. The molecule has 0 saturated carbocycles. The minimum Gasteiger partial charge on any atom is -0.365 e. The fourth-order valence-corrected chi connectivity index (χ4v) is 3.58. The highest BCUT2D eigenvalue weighted by molar-refractivity contribution is 5.78. The second-order valence-electron chi connectivity index (χ2n) is 6.44. The smallest absolute Gasteiger partial charge is 0.249 e. The Kier molecular flexibility index (Phi) is 4.28. The summed E-state index contributed by atoms with van der Waals surface area (Å²) >= 11 is 0. The van der Waals surface area contributed by atoms with Gasteiger partial charge in [-0.2, -0.15) is 0 Å². The summed E-state index contributed by atoms with van der Waals surface area (Å²) in [5.74, 6) is 0.0588. The normalized spacial score (nSPS) is 24.2. The molecule has 1 amide bonds. The first-order valence-corrected chi connectivity index (χ1v) is 8.37. The van der Waals surface area contributed by atoms with Gasteiger partial charge in [0.1, 0.15) is 6.61 Å². The molecule has 2 aliphatic rings. The Morgan fingerprint density at radius 1 is 1.04 bits per heavy atom. The van der Waals surface area contributed by atoms with Crippen molar-refractivity contribution in [2.24, 2.45) is 0 Å². The molecule has 0 bridgehead atoms. The predicted molar refractivity (Wildman–Crippen MR) is 90.0 cm³/mol. The number of rotatable bonds is 4. The van der Waals surface area contributed by atoms with Crippen LogP contribution in [0.15, 0.2) is 54.7 Å². The number of ether oxygens (including phenoxy) is 1. The maximum Gasteiger partial charge on any atom is 0.249 e. The number of morpholine rings is 1. The number of benzene rings is 1. The second kappa shape index (κ2) is 6.71. The Morgan fingerprint density at radius 2 is 1.88 bits per heavy atom. The number of pyridine rings is 1. The number of likely N-dealkylation sites (tertiary alicyclic amines) is 1. The van der Waals surface area contributed by atoms with Crippen LogP contribution in [-0.4, -0.2) is 52.5 Å². The minimum atomic E-state index is 0.0588. The number of carbonyl (C=O) groups excluding carboxylic acids is 1. The Balaban J connectivity index is 1.47. The molecule has 1 aromatic heterocycles. The quantitative estimate of drug-likeness (QED) is 0.859. The summed E-state index contributed by atoms with van der Waals surface area (Å²) in [5.41, 5.74) is 2.21. The zero-order valence-electron chi connectivity index (χ0n) is 13.5. The van der Waals surface area contributed by atoms with Crippen molar-refractivity contribution in [3.63, 3.8) is 0 Å². The fourth-order valence-electron chi connectivity index (χ4n) is 3.58. The third kappa shape index (κ3) is 3.18. The average Bonchev–Trinajstić information content (AvgIpc) is 3.02. The van der Waals surface area contributed by atoms with E-state index in [-0.39, 0.29) is 24.7 Å². The van der Waals surface area contributed by atoms with Gasteiger partial charge in [0.2, 0.25) is 5.91 Å². The molecule has 24 heavy (non-hydrogen) atoms. The molecule has 5 nitrogen and oxygen atoms in total. The Bertz CT molecular complexity index is 692. The van der Waals surface area contributed by atoms with E-state index in [0.717, 1.165) is 25.3 Å². The number of nitrogens with zero attached hydrogens (tertiary/aromatic N) is 3. The van der Waals surface area contributed by atoms with E-state index in [1.54, 1.807) is 6.20 Å². The van der Waals surface area contributed by atoms with Gasteiger partial charge in [0, 0.05) is 25.8 Å². The van der Waals surface area contributed by atoms with Gasteiger partial charge in [0.05, 0.1) is 24.4 Å². The summed E-state index contributed by atoms with van der Waals surface area (Å²) < 4.78 is 5.80. The highest BCUT2D eigenvalue weighted by Gasteiger charge is 2.43. The Labute approximate surface area is 141 Å². The molecule has 2 unspecified atom stereocenters. The van der Waals surface area contributed by atoms with Crippen molar-refractivity contribution in [1.82, 2.24) is 14.8 Å². The highest BCUT2D eigenvalue weighted by atomic mass is 16.5. The van der Waals surface area contributed by atoms with Crippen molar-refractivity contribution in [1.29, 1.82) is 0 Å². The molecule has 0 aliphatic carbocycles. The Hall–Kier alpha value is -2.24. The van der Waals surface area contributed by atoms with Gasteiger partial charge >= 0.3 is 0 Å². The fraction of sp³-hybridized carbons (Fsp3) is 0.368. The van der Waals surface area contributed by atoms with Crippen LogP contribution in [-0.2, 0) is 22.6 Å². The van der Waals surface area contributed by atoms with E-state index in [2.05, 4.69) is 34.1 Å². The monoisotopic (exact) mass is 323 g/mol. The van der Waals surface area contributed by atoms with Crippen LogP contribution >= 0.6 is 0 Å². The van der Waals surface area contributed by atoms with Crippen molar-refractivity contribution in [3.8, 4) is 0 Å². The summed E-state index contributed by atoms with van der Waals surface area (Å²) in [5, 5.41) is 0. The molecule has 3 heterocycles. The average molecular weight is 323 g/mol. The van der Waals surface area contributed by atoms with E-state index in [1.807, 2.05) is 29.2 Å². The molecule has 0 spiro atoms. The molecule has 2 fully saturated rings. The van der Waals surface area contributed by atoms with E-state index in [4.69, 9.17) is 4.74 Å². The van der Waals surface area contributed by atoms with Gasteiger partial charge in [-0.05, 0) is 17.7 Å².